The number of rotatable bonds is 6. The van der Waals surface area contributed by atoms with Crippen LogP contribution in [0, 0.1) is 0 Å². The zero-order chi connectivity index (χ0) is 18.8. The predicted octanol–water partition coefficient (Wildman–Crippen LogP) is 2.93. The second kappa shape index (κ2) is 7.31. The highest BCUT2D eigenvalue weighted by Crippen LogP contribution is 2.31. The summed E-state index contributed by atoms with van der Waals surface area (Å²) in [6, 6.07) is 12.2. The van der Waals surface area contributed by atoms with Crippen LogP contribution >= 0.6 is 0 Å². The molecule has 0 radical (unpaired) electrons. The smallest absolute Gasteiger partial charge is 0.325 e. The Morgan fingerprint density at radius 1 is 1.22 bits per heavy atom. The molecule has 6 nitrogen and oxygen atoms in total. The molecule has 27 heavy (non-hydrogen) atoms. The molecule has 1 aliphatic carbocycles. The third-order valence-electron chi connectivity index (χ3n) is 5.06. The largest absolute Gasteiger partial charge is 0.491 e. The predicted molar refractivity (Wildman–Crippen MR) is 103 cm³/mol. The third kappa shape index (κ3) is 3.60. The number of benzene rings is 1. The van der Waals surface area contributed by atoms with Crippen molar-refractivity contribution in [3.05, 3.63) is 76.1 Å². The summed E-state index contributed by atoms with van der Waals surface area (Å²) in [5.74, 6) is 1.20. The molecule has 140 valence electrons. The summed E-state index contributed by atoms with van der Waals surface area (Å²) in [5.41, 5.74) is 3.42. The van der Waals surface area contributed by atoms with Gasteiger partial charge < -0.3 is 14.5 Å². The number of methoxy groups -OCH3 is 1. The van der Waals surface area contributed by atoms with Gasteiger partial charge in [0.2, 0.25) is 0 Å². The summed E-state index contributed by atoms with van der Waals surface area (Å²) >= 11 is 0. The van der Waals surface area contributed by atoms with Gasteiger partial charge in [0.25, 0.3) is 5.88 Å². The molecule has 1 aromatic carbocycles. The molecule has 0 saturated heterocycles. The van der Waals surface area contributed by atoms with Crippen molar-refractivity contribution in [2.45, 2.75) is 38.3 Å². The number of H-pyrrole nitrogens is 1. The first-order chi connectivity index (χ1) is 13.1. The van der Waals surface area contributed by atoms with Crippen molar-refractivity contribution in [1.82, 2.24) is 14.5 Å². The first-order valence-electron chi connectivity index (χ1n) is 9.16. The van der Waals surface area contributed by atoms with Crippen molar-refractivity contribution in [3.63, 3.8) is 0 Å². The molecule has 0 spiro atoms. The Labute approximate surface area is 157 Å². The number of imidazole rings is 1. The summed E-state index contributed by atoms with van der Waals surface area (Å²) in [6.07, 6.45) is 5.19. The number of hydrogen-bond acceptors (Lipinski definition) is 4. The zero-order valence-corrected chi connectivity index (χ0v) is 15.5. The number of pyridine rings is 1. The maximum atomic E-state index is 11.7. The minimum Gasteiger partial charge on any atom is -0.491 e. The van der Waals surface area contributed by atoms with E-state index < -0.39 is 0 Å². The normalized spacial score (nSPS) is 14.7. The lowest BCUT2D eigenvalue weighted by Gasteiger charge is -2.18. The molecule has 0 bridgehead atoms. The fraction of sp³-hybridized carbons (Fsp3) is 0.333. The van der Waals surface area contributed by atoms with Crippen LogP contribution in [0.2, 0.25) is 0 Å². The summed E-state index contributed by atoms with van der Waals surface area (Å²) in [5, 5.41) is 0. The molecular formula is C21H23N3O3. The third-order valence-corrected chi connectivity index (χ3v) is 5.06. The monoisotopic (exact) mass is 365 g/mol. The van der Waals surface area contributed by atoms with Gasteiger partial charge in [-0.25, -0.2) is 9.78 Å². The van der Waals surface area contributed by atoms with Gasteiger partial charge in [-0.05, 0) is 23.3 Å². The Bertz CT molecular complexity index is 967. The topological polar surface area (TPSA) is 69.1 Å². The number of nitrogens with zero attached hydrogens (tertiary/aromatic N) is 2. The highest BCUT2D eigenvalue weighted by molar-refractivity contribution is 5.37. The van der Waals surface area contributed by atoms with Crippen LogP contribution < -0.4 is 15.2 Å². The maximum Gasteiger partial charge on any atom is 0.325 e. The molecule has 3 aromatic rings. The minimum absolute atomic E-state index is 0.0571. The summed E-state index contributed by atoms with van der Waals surface area (Å²) in [6.45, 7) is 2.60. The Balaban J connectivity index is 1.53. The van der Waals surface area contributed by atoms with E-state index in [9.17, 15) is 4.79 Å². The molecule has 0 saturated carbocycles. The van der Waals surface area contributed by atoms with Crippen LogP contribution in [0.15, 0.2) is 53.6 Å². The Kier molecular flexibility index (Phi) is 4.71. The first-order valence-corrected chi connectivity index (χ1v) is 9.16. The van der Waals surface area contributed by atoms with E-state index in [2.05, 4.69) is 29.2 Å². The molecular weight excluding hydrogens is 342 g/mol. The van der Waals surface area contributed by atoms with Crippen LogP contribution in [-0.4, -0.2) is 27.7 Å². The highest BCUT2D eigenvalue weighted by Gasteiger charge is 2.24. The number of hydrogen-bond donors (Lipinski definition) is 1. The number of fused-ring (bicyclic) bond motifs is 1. The summed E-state index contributed by atoms with van der Waals surface area (Å²) < 4.78 is 13.3. The Morgan fingerprint density at radius 2 is 1.96 bits per heavy atom. The molecule has 0 fully saturated rings. The standard InChI is InChI=1S/C21H23N3O3/c1-14(13-24-10-9-22-21(24)25)18-7-8-19(26-2)20(23-18)27-17-11-15-5-3-4-6-16(15)12-17/h3-10,14,17H,11-13H2,1-2H3,(H,22,25). The lowest BCUT2D eigenvalue weighted by atomic mass is 10.1. The van der Waals surface area contributed by atoms with Gasteiger partial charge in [-0.15, -0.1) is 0 Å². The van der Waals surface area contributed by atoms with Gasteiger partial charge in [-0.2, -0.15) is 0 Å². The molecule has 2 heterocycles. The van der Waals surface area contributed by atoms with Crippen molar-refractivity contribution in [2.24, 2.45) is 0 Å². The molecule has 2 aromatic heterocycles. The van der Waals surface area contributed by atoms with Crippen LogP contribution in [-0.2, 0) is 19.4 Å². The van der Waals surface area contributed by atoms with E-state index >= 15 is 0 Å². The molecule has 1 N–H and O–H groups in total. The molecule has 0 amide bonds. The molecule has 1 unspecified atom stereocenters. The minimum atomic E-state index is -0.115. The Morgan fingerprint density at radius 3 is 2.59 bits per heavy atom. The SMILES string of the molecule is COc1ccc(C(C)Cn2cc[nH]c2=O)nc1OC1Cc2ccccc2C1. The van der Waals surface area contributed by atoms with Crippen LogP contribution in [0.1, 0.15) is 29.7 Å². The second-order valence-corrected chi connectivity index (χ2v) is 6.98. The summed E-state index contributed by atoms with van der Waals surface area (Å²) in [4.78, 5) is 19.1. The Hall–Kier alpha value is -3.02. The molecule has 0 aliphatic heterocycles. The van der Waals surface area contributed by atoms with Gasteiger partial charge in [0.05, 0.1) is 7.11 Å². The van der Waals surface area contributed by atoms with Gasteiger partial charge in [-0.3, -0.25) is 4.57 Å². The average Bonchev–Trinajstić information content (AvgIpc) is 3.27. The van der Waals surface area contributed by atoms with Crippen LogP contribution in [0.3, 0.4) is 0 Å². The van der Waals surface area contributed by atoms with E-state index in [0.29, 0.717) is 18.2 Å². The van der Waals surface area contributed by atoms with E-state index in [4.69, 9.17) is 14.5 Å². The van der Waals surface area contributed by atoms with E-state index in [-0.39, 0.29) is 17.7 Å². The molecule has 1 atom stereocenters. The average molecular weight is 365 g/mol. The van der Waals surface area contributed by atoms with Gasteiger partial charge >= 0.3 is 5.69 Å². The van der Waals surface area contributed by atoms with Crippen molar-refractivity contribution in [1.29, 1.82) is 0 Å². The number of nitrogens with one attached hydrogen (secondary N) is 1. The van der Waals surface area contributed by atoms with E-state index in [1.54, 1.807) is 24.1 Å². The highest BCUT2D eigenvalue weighted by atomic mass is 16.5. The number of aromatic amines is 1. The zero-order valence-electron chi connectivity index (χ0n) is 15.5. The molecule has 4 rings (SSSR count). The fourth-order valence-corrected chi connectivity index (χ4v) is 3.60. The van der Waals surface area contributed by atoms with Crippen molar-refractivity contribution >= 4 is 0 Å². The fourth-order valence-electron chi connectivity index (χ4n) is 3.60. The second-order valence-electron chi connectivity index (χ2n) is 6.98. The lowest BCUT2D eigenvalue weighted by molar-refractivity contribution is 0.194. The van der Waals surface area contributed by atoms with Crippen molar-refractivity contribution in [3.8, 4) is 11.6 Å². The van der Waals surface area contributed by atoms with Gasteiger partial charge in [-0.1, -0.05) is 31.2 Å². The van der Waals surface area contributed by atoms with Gasteiger partial charge in [0.15, 0.2) is 5.75 Å². The lowest BCUT2D eigenvalue weighted by Crippen LogP contribution is -2.20. The molecule has 1 aliphatic rings. The van der Waals surface area contributed by atoms with Crippen LogP contribution in [0.4, 0.5) is 0 Å². The van der Waals surface area contributed by atoms with Crippen molar-refractivity contribution in [2.75, 3.05) is 7.11 Å². The van der Waals surface area contributed by atoms with Crippen LogP contribution in [0.25, 0.3) is 0 Å². The molecule has 6 heteroatoms. The van der Waals surface area contributed by atoms with Crippen LogP contribution in [0.5, 0.6) is 11.6 Å². The van der Waals surface area contributed by atoms with Crippen molar-refractivity contribution < 1.29 is 9.47 Å². The van der Waals surface area contributed by atoms with E-state index in [1.165, 1.54) is 11.1 Å². The van der Waals surface area contributed by atoms with E-state index in [1.807, 2.05) is 19.1 Å². The van der Waals surface area contributed by atoms with Gasteiger partial charge in [0, 0.05) is 43.4 Å². The quantitative estimate of drug-likeness (QED) is 0.729. The number of aromatic nitrogens is 3. The maximum absolute atomic E-state index is 11.7. The first kappa shape index (κ1) is 17.4. The number of ether oxygens (including phenoxy) is 2. The van der Waals surface area contributed by atoms with Gasteiger partial charge in [0.1, 0.15) is 6.10 Å². The van der Waals surface area contributed by atoms with E-state index in [0.717, 1.165) is 18.5 Å². The summed E-state index contributed by atoms with van der Waals surface area (Å²) in [7, 11) is 1.62.